The molecule has 0 unspecified atom stereocenters. The number of hydrogen-bond acceptors (Lipinski definition) is 2. The first-order chi connectivity index (χ1) is 9.02. The van der Waals surface area contributed by atoms with Crippen LogP contribution in [-0.2, 0) is 0 Å². The summed E-state index contributed by atoms with van der Waals surface area (Å²) in [4.78, 5) is 12.3. The summed E-state index contributed by atoms with van der Waals surface area (Å²) < 4.78 is 5.05. The van der Waals surface area contributed by atoms with E-state index in [-0.39, 0.29) is 5.78 Å². The summed E-state index contributed by atoms with van der Waals surface area (Å²) in [5, 5.41) is 0.927. The Morgan fingerprint density at radius 2 is 1.79 bits per heavy atom. The first-order valence-corrected chi connectivity index (χ1v) is 6.43. The van der Waals surface area contributed by atoms with E-state index in [2.05, 4.69) is 0 Å². The van der Waals surface area contributed by atoms with E-state index in [1.807, 2.05) is 13.0 Å². The molecule has 0 heterocycles. The molecule has 2 nitrogen and oxygen atoms in total. The fourth-order valence-electron chi connectivity index (χ4n) is 1.70. The predicted octanol–water partition coefficient (Wildman–Crippen LogP) is 4.54. The van der Waals surface area contributed by atoms with Gasteiger partial charge in [-0.2, -0.15) is 0 Å². The summed E-state index contributed by atoms with van der Waals surface area (Å²) in [6, 6.07) is 10.2. The number of methoxy groups -OCH3 is 1. The quantitative estimate of drug-likeness (QED) is 0.777. The lowest BCUT2D eigenvalue weighted by Gasteiger charge is -2.07. The van der Waals surface area contributed by atoms with E-state index < -0.39 is 0 Å². The molecule has 98 valence electrons. The SMILES string of the molecule is COc1ccc(C(=O)c2ccc(C)c(Cl)c2)c(Cl)c1. The summed E-state index contributed by atoms with van der Waals surface area (Å²) in [6.07, 6.45) is 0. The zero-order chi connectivity index (χ0) is 14.0. The molecule has 0 spiro atoms. The smallest absolute Gasteiger partial charge is 0.194 e. The van der Waals surface area contributed by atoms with Crippen LogP contribution in [-0.4, -0.2) is 12.9 Å². The van der Waals surface area contributed by atoms with Crippen molar-refractivity contribution >= 4 is 29.0 Å². The highest BCUT2D eigenvalue weighted by molar-refractivity contribution is 6.35. The Balaban J connectivity index is 2.41. The molecule has 19 heavy (non-hydrogen) atoms. The summed E-state index contributed by atoms with van der Waals surface area (Å²) >= 11 is 12.1. The van der Waals surface area contributed by atoms with Crippen molar-refractivity contribution in [3.8, 4) is 5.75 Å². The van der Waals surface area contributed by atoms with Crippen molar-refractivity contribution in [1.82, 2.24) is 0 Å². The van der Waals surface area contributed by atoms with Gasteiger partial charge in [0.1, 0.15) is 5.75 Å². The second-order valence-electron chi connectivity index (χ2n) is 4.14. The Labute approximate surface area is 121 Å². The number of aryl methyl sites for hydroxylation is 1. The molecule has 0 aliphatic carbocycles. The van der Waals surface area contributed by atoms with Crippen LogP contribution in [0.5, 0.6) is 5.75 Å². The van der Waals surface area contributed by atoms with Crippen LogP contribution in [0.15, 0.2) is 36.4 Å². The highest BCUT2D eigenvalue weighted by Crippen LogP contribution is 2.26. The lowest BCUT2D eigenvalue weighted by molar-refractivity contribution is 0.103. The second-order valence-corrected chi connectivity index (χ2v) is 4.95. The first-order valence-electron chi connectivity index (χ1n) is 5.67. The number of hydrogen-bond donors (Lipinski definition) is 0. The predicted molar refractivity (Wildman–Crippen MR) is 77.6 cm³/mol. The Hall–Kier alpha value is -1.51. The van der Waals surface area contributed by atoms with Crippen molar-refractivity contribution in [2.75, 3.05) is 7.11 Å². The molecule has 0 saturated heterocycles. The molecule has 0 bridgehead atoms. The van der Waals surface area contributed by atoms with E-state index >= 15 is 0 Å². The molecular formula is C15H12Cl2O2. The molecule has 0 fully saturated rings. The summed E-state index contributed by atoms with van der Waals surface area (Å²) in [6.45, 7) is 1.89. The average molecular weight is 295 g/mol. The van der Waals surface area contributed by atoms with Gasteiger partial charge in [-0.25, -0.2) is 0 Å². The molecular weight excluding hydrogens is 283 g/mol. The highest BCUT2D eigenvalue weighted by atomic mass is 35.5. The maximum absolute atomic E-state index is 12.3. The van der Waals surface area contributed by atoms with E-state index in [0.717, 1.165) is 5.56 Å². The molecule has 0 aliphatic rings. The van der Waals surface area contributed by atoms with Gasteiger partial charge < -0.3 is 4.74 Å². The van der Waals surface area contributed by atoms with E-state index in [9.17, 15) is 4.79 Å². The Morgan fingerprint density at radius 3 is 2.37 bits per heavy atom. The molecule has 0 aromatic heterocycles. The minimum Gasteiger partial charge on any atom is -0.497 e. The number of benzene rings is 2. The molecule has 2 aromatic carbocycles. The Bertz CT molecular complexity index is 636. The summed E-state index contributed by atoms with van der Waals surface area (Å²) in [7, 11) is 1.55. The van der Waals surface area contributed by atoms with Crippen LogP contribution in [0.3, 0.4) is 0 Å². The van der Waals surface area contributed by atoms with E-state index in [4.69, 9.17) is 27.9 Å². The number of ether oxygens (including phenoxy) is 1. The fraction of sp³-hybridized carbons (Fsp3) is 0.133. The van der Waals surface area contributed by atoms with Crippen LogP contribution in [0.25, 0.3) is 0 Å². The van der Waals surface area contributed by atoms with Crippen molar-refractivity contribution in [1.29, 1.82) is 0 Å². The summed E-state index contributed by atoms with van der Waals surface area (Å²) in [5.74, 6) is 0.457. The number of halogens is 2. The van der Waals surface area contributed by atoms with Gasteiger partial charge in [0.15, 0.2) is 5.78 Å². The third-order valence-corrected chi connectivity index (χ3v) is 3.57. The largest absolute Gasteiger partial charge is 0.497 e. The molecule has 0 radical (unpaired) electrons. The van der Waals surface area contributed by atoms with Crippen LogP contribution in [0.1, 0.15) is 21.5 Å². The zero-order valence-electron chi connectivity index (χ0n) is 10.5. The van der Waals surface area contributed by atoms with Gasteiger partial charge in [0.05, 0.1) is 12.1 Å². The molecule has 0 aliphatic heterocycles. The van der Waals surface area contributed by atoms with Gasteiger partial charge in [-0.1, -0.05) is 35.3 Å². The maximum Gasteiger partial charge on any atom is 0.194 e. The summed E-state index contributed by atoms with van der Waals surface area (Å²) in [5.41, 5.74) is 1.88. The minimum atomic E-state index is -0.158. The van der Waals surface area contributed by atoms with Gasteiger partial charge in [0.2, 0.25) is 0 Å². The number of ketones is 1. The van der Waals surface area contributed by atoms with Gasteiger partial charge in [-0.05, 0) is 36.8 Å². The Kier molecular flexibility index (Phi) is 4.13. The van der Waals surface area contributed by atoms with Crippen molar-refractivity contribution < 1.29 is 9.53 Å². The fourth-order valence-corrected chi connectivity index (χ4v) is 2.13. The Morgan fingerprint density at radius 1 is 1.05 bits per heavy atom. The van der Waals surface area contributed by atoms with Gasteiger partial charge in [0.25, 0.3) is 0 Å². The minimum absolute atomic E-state index is 0.158. The normalized spacial score (nSPS) is 10.3. The number of carbonyl (C=O) groups excluding carboxylic acids is 1. The maximum atomic E-state index is 12.3. The van der Waals surface area contributed by atoms with Gasteiger partial charge in [-0.15, -0.1) is 0 Å². The van der Waals surface area contributed by atoms with Crippen LogP contribution in [0, 0.1) is 6.92 Å². The monoisotopic (exact) mass is 294 g/mol. The highest BCUT2D eigenvalue weighted by Gasteiger charge is 2.14. The van der Waals surface area contributed by atoms with Crippen molar-refractivity contribution in [2.45, 2.75) is 6.92 Å². The molecule has 4 heteroatoms. The van der Waals surface area contributed by atoms with E-state index in [1.165, 1.54) is 0 Å². The first kappa shape index (κ1) is 13.9. The van der Waals surface area contributed by atoms with Crippen LogP contribution >= 0.6 is 23.2 Å². The van der Waals surface area contributed by atoms with E-state index in [0.29, 0.717) is 26.9 Å². The molecule has 2 rings (SSSR count). The van der Waals surface area contributed by atoms with E-state index in [1.54, 1.807) is 37.4 Å². The molecule has 0 saturated carbocycles. The lowest BCUT2D eigenvalue weighted by atomic mass is 10.0. The standard InChI is InChI=1S/C15H12Cl2O2/c1-9-3-4-10(7-13(9)16)15(18)12-6-5-11(19-2)8-14(12)17/h3-8H,1-2H3. The third kappa shape index (κ3) is 2.91. The number of carbonyl (C=O) groups is 1. The topological polar surface area (TPSA) is 26.3 Å². The van der Waals surface area contributed by atoms with Crippen molar-refractivity contribution in [3.63, 3.8) is 0 Å². The molecule has 0 atom stereocenters. The zero-order valence-corrected chi connectivity index (χ0v) is 12.0. The molecule has 0 amide bonds. The van der Waals surface area contributed by atoms with Gasteiger partial charge in [0, 0.05) is 16.1 Å². The molecule has 0 N–H and O–H groups in total. The third-order valence-electron chi connectivity index (χ3n) is 2.85. The second kappa shape index (κ2) is 5.64. The molecule has 2 aromatic rings. The van der Waals surface area contributed by atoms with Crippen LogP contribution in [0.4, 0.5) is 0 Å². The number of rotatable bonds is 3. The van der Waals surface area contributed by atoms with Crippen LogP contribution < -0.4 is 4.74 Å². The van der Waals surface area contributed by atoms with Crippen LogP contribution in [0.2, 0.25) is 10.0 Å². The van der Waals surface area contributed by atoms with Gasteiger partial charge >= 0.3 is 0 Å². The van der Waals surface area contributed by atoms with Crippen molar-refractivity contribution in [3.05, 3.63) is 63.1 Å². The van der Waals surface area contributed by atoms with Gasteiger partial charge in [-0.3, -0.25) is 4.79 Å². The van der Waals surface area contributed by atoms with Crippen molar-refractivity contribution in [2.24, 2.45) is 0 Å². The average Bonchev–Trinajstić information content (AvgIpc) is 2.41. The lowest BCUT2D eigenvalue weighted by Crippen LogP contribution is -2.02.